The Hall–Kier alpha value is -1.81. The molecule has 1 aromatic carbocycles. The second-order valence-corrected chi connectivity index (χ2v) is 4.23. The van der Waals surface area contributed by atoms with Gasteiger partial charge in [0.2, 0.25) is 0 Å². The lowest BCUT2D eigenvalue weighted by molar-refractivity contribution is 0.688. The van der Waals surface area contributed by atoms with Crippen LogP contribution in [-0.2, 0) is 0 Å². The minimum atomic E-state index is -0.0396. The third-order valence-corrected chi connectivity index (χ3v) is 2.85. The van der Waals surface area contributed by atoms with Gasteiger partial charge in [-0.1, -0.05) is 25.1 Å². The van der Waals surface area contributed by atoms with Crippen molar-refractivity contribution in [2.45, 2.75) is 13.3 Å². The number of H-pyrrole nitrogens is 1. The highest BCUT2D eigenvalue weighted by molar-refractivity contribution is 5.83. The lowest BCUT2D eigenvalue weighted by Gasteiger charge is -2.07. The van der Waals surface area contributed by atoms with Crippen molar-refractivity contribution in [1.82, 2.24) is 10.3 Å². The van der Waals surface area contributed by atoms with Crippen LogP contribution in [0.25, 0.3) is 10.8 Å². The molecule has 0 spiro atoms. The largest absolute Gasteiger partial charge is 0.371 e. The van der Waals surface area contributed by atoms with Gasteiger partial charge >= 0.3 is 0 Å². The van der Waals surface area contributed by atoms with Gasteiger partial charge in [0.05, 0.1) is 0 Å². The molecule has 0 bridgehead atoms. The van der Waals surface area contributed by atoms with Crippen molar-refractivity contribution in [3.05, 3.63) is 40.7 Å². The molecular weight excluding hydrogens is 226 g/mol. The van der Waals surface area contributed by atoms with Crippen LogP contribution in [0.5, 0.6) is 0 Å². The molecule has 0 aliphatic heterocycles. The number of aromatic nitrogens is 1. The van der Waals surface area contributed by atoms with Gasteiger partial charge in [-0.15, -0.1) is 0 Å². The van der Waals surface area contributed by atoms with Crippen LogP contribution in [0.2, 0.25) is 0 Å². The van der Waals surface area contributed by atoms with E-state index in [1.54, 1.807) is 0 Å². The Morgan fingerprint density at radius 2 is 2.06 bits per heavy atom. The molecule has 0 aliphatic carbocycles. The van der Waals surface area contributed by atoms with Crippen LogP contribution in [0, 0.1) is 0 Å². The summed E-state index contributed by atoms with van der Waals surface area (Å²) in [6, 6.07) is 9.58. The molecule has 0 unspecified atom stereocenters. The molecule has 96 valence electrons. The molecule has 4 nitrogen and oxygen atoms in total. The summed E-state index contributed by atoms with van der Waals surface area (Å²) in [7, 11) is 0. The Morgan fingerprint density at radius 3 is 2.89 bits per heavy atom. The number of anilines is 1. The van der Waals surface area contributed by atoms with E-state index in [9.17, 15) is 4.79 Å². The van der Waals surface area contributed by atoms with E-state index in [-0.39, 0.29) is 5.56 Å². The normalized spacial score (nSPS) is 10.7. The first kappa shape index (κ1) is 12.6. The molecule has 2 aromatic rings. The Bertz CT molecular complexity index is 562. The van der Waals surface area contributed by atoms with E-state index < -0.39 is 0 Å². The van der Waals surface area contributed by atoms with Crippen LogP contribution in [-0.4, -0.2) is 24.6 Å². The fraction of sp³-hybridized carbons (Fsp3) is 0.357. The first-order valence-electron chi connectivity index (χ1n) is 6.38. The van der Waals surface area contributed by atoms with Gasteiger partial charge in [-0.05, 0) is 37.0 Å². The number of fused-ring (bicyclic) bond motifs is 1. The van der Waals surface area contributed by atoms with Gasteiger partial charge in [-0.3, -0.25) is 4.79 Å². The first-order valence-corrected chi connectivity index (χ1v) is 6.38. The van der Waals surface area contributed by atoms with E-state index in [1.807, 2.05) is 30.3 Å². The number of nitrogens with one attached hydrogen (secondary N) is 3. The van der Waals surface area contributed by atoms with Crippen molar-refractivity contribution in [3.8, 4) is 0 Å². The third-order valence-electron chi connectivity index (χ3n) is 2.85. The smallest absolute Gasteiger partial charge is 0.257 e. The number of hydrogen-bond acceptors (Lipinski definition) is 3. The molecule has 18 heavy (non-hydrogen) atoms. The molecule has 0 radical (unpaired) electrons. The van der Waals surface area contributed by atoms with Gasteiger partial charge in [0.15, 0.2) is 0 Å². The maximum atomic E-state index is 11.8. The van der Waals surface area contributed by atoms with Crippen LogP contribution in [0.3, 0.4) is 0 Å². The molecule has 1 heterocycles. The van der Waals surface area contributed by atoms with Gasteiger partial charge in [0.1, 0.15) is 5.82 Å². The second kappa shape index (κ2) is 6.21. The van der Waals surface area contributed by atoms with E-state index in [0.717, 1.165) is 42.6 Å². The molecule has 0 saturated carbocycles. The topological polar surface area (TPSA) is 56.9 Å². The zero-order valence-electron chi connectivity index (χ0n) is 10.6. The lowest BCUT2D eigenvalue weighted by Crippen LogP contribution is -2.18. The van der Waals surface area contributed by atoms with Gasteiger partial charge < -0.3 is 15.6 Å². The number of hydrogen-bond donors (Lipinski definition) is 3. The standard InChI is InChI=1S/C14H19N3O/c1-2-15-8-5-9-16-13-10-11-6-3-4-7-12(11)14(18)17-13/h3-4,6-7,10,15H,2,5,8-9H2,1H3,(H2,16,17,18). The molecule has 0 aliphatic rings. The Balaban J connectivity index is 2.03. The average Bonchev–Trinajstić information content (AvgIpc) is 2.39. The van der Waals surface area contributed by atoms with Crippen molar-refractivity contribution in [1.29, 1.82) is 0 Å². The van der Waals surface area contributed by atoms with Crippen LogP contribution >= 0.6 is 0 Å². The van der Waals surface area contributed by atoms with Crippen molar-refractivity contribution in [2.75, 3.05) is 25.0 Å². The molecule has 0 saturated heterocycles. The summed E-state index contributed by atoms with van der Waals surface area (Å²) in [5.41, 5.74) is -0.0396. The monoisotopic (exact) mass is 245 g/mol. The minimum absolute atomic E-state index is 0.0396. The zero-order valence-corrected chi connectivity index (χ0v) is 10.6. The van der Waals surface area contributed by atoms with Gasteiger partial charge in [0, 0.05) is 11.9 Å². The maximum Gasteiger partial charge on any atom is 0.257 e. The van der Waals surface area contributed by atoms with Crippen molar-refractivity contribution < 1.29 is 0 Å². The minimum Gasteiger partial charge on any atom is -0.371 e. The highest BCUT2D eigenvalue weighted by atomic mass is 16.1. The molecule has 3 N–H and O–H groups in total. The average molecular weight is 245 g/mol. The Kier molecular flexibility index (Phi) is 4.36. The molecule has 0 fully saturated rings. The number of benzene rings is 1. The van der Waals surface area contributed by atoms with Gasteiger partial charge in [0.25, 0.3) is 5.56 Å². The SMILES string of the molecule is CCNCCCNc1cc2ccccc2c(=O)[nH]1. The fourth-order valence-electron chi connectivity index (χ4n) is 1.92. The summed E-state index contributed by atoms with van der Waals surface area (Å²) in [4.78, 5) is 14.7. The number of pyridine rings is 1. The zero-order chi connectivity index (χ0) is 12.8. The summed E-state index contributed by atoms with van der Waals surface area (Å²) in [6.45, 7) is 4.92. The molecular formula is C14H19N3O. The van der Waals surface area contributed by atoms with Crippen molar-refractivity contribution in [2.24, 2.45) is 0 Å². The van der Waals surface area contributed by atoms with E-state index >= 15 is 0 Å². The highest BCUT2D eigenvalue weighted by Gasteiger charge is 2.00. The van der Waals surface area contributed by atoms with Crippen LogP contribution in [0.1, 0.15) is 13.3 Å². The van der Waals surface area contributed by atoms with Crippen LogP contribution in [0.15, 0.2) is 35.1 Å². The first-order chi connectivity index (χ1) is 8.81. The number of aromatic amines is 1. The molecule has 4 heteroatoms. The lowest BCUT2D eigenvalue weighted by atomic mass is 10.2. The van der Waals surface area contributed by atoms with Crippen LogP contribution < -0.4 is 16.2 Å². The summed E-state index contributed by atoms with van der Waals surface area (Å²) < 4.78 is 0. The number of rotatable bonds is 6. The fourth-order valence-corrected chi connectivity index (χ4v) is 1.92. The molecule has 0 amide bonds. The van der Waals surface area contributed by atoms with Gasteiger partial charge in [-0.25, -0.2) is 0 Å². The quantitative estimate of drug-likeness (QED) is 0.682. The third kappa shape index (κ3) is 3.11. The molecule has 1 aromatic heterocycles. The van der Waals surface area contributed by atoms with Gasteiger partial charge in [-0.2, -0.15) is 0 Å². The van der Waals surface area contributed by atoms with Crippen LogP contribution in [0.4, 0.5) is 5.82 Å². The van der Waals surface area contributed by atoms with E-state index in [2.05, 4.69) is 22.5 Å². The predicted molar refractivity (Wildman–Crippen MR) is 76.2 cm³/mol. The van der Waals surface area contributed by atoms with E-state index in [0.29, 0.717) is 0 Å². The molecule has 2 rings (SSSR count). The maximum absolute atomic E-state index is 11.8. The summed E-state index contributed by atoms with van der Waals surface area (Å²) in [5, 5.41) is 8.20. The van der Waals surface area contributed by atoms with E-state index in [4.69, 9.17) is 0 Å². The van der Waals surface area contributed by atoms with Crippen molar-refractivity contribution >= 4 is 16.6 Å². The second-order valence-electron chi connectivity index (χ2n) is 4.23. The van der Waals surface area contributed by atoms with E-state index in [1.165, 1.54) is 0 Å². The highest BCUT2D eigenvalue weighted by Crippen LogP contribution is 2.12. The summed E-state index contributed by atoms with van der Waals surface area (Å²) in [6.07, 6.45) is 1.03. The predicted octanol–water partition coefficient (Wildman–Crippen LogP) is 1.94. The molecule has 0 atom stereocenters. The van der Waals surface area contributed by atoms with Crippen molar-refractivity contribution in [3.63, 3.8) is 0 Å². The Labute approximate surface area is 106 Å². The summed E-state index contributed by atoms with van der Waals surface area (Å²) >= 11 is 0. The Morgan fingerprint density at radius 1 is 1.22 bits per heavy atom. The summed E-state index contributed by atoms with van der Waals surface area (Å²) in [5.74, 6) is 0.787.